The number of benzene rings is 1. The van der Waals surface area contributed by atoms with Crippen LogP contribution in [0.25, 0.3) is 11.0 Å². The van der Waals surface area contributed by atoms with Crippen molar-refractivity contribution in [3.8, 4) is 0 Å². The molecule has 0 unspecified atom stereocenters. The molecule has 2 saturated heterocycles. The molecule has 0 saturated carbocycles. The van der Waals surface area contributed by atoms with Gasteiger partial charge in [0, 0.05) is 53.0 Å². The number of hydrogen-bond acceptors (Lipinski definition) is 7. The lowest BCUT2D eigenvalue weighted by atomic mass is 9.91. The minimum Gasteiger partial charge on any atom is -0.444 e. The Morgan fingerprint density at radius 3 is 2.50 bits per heavy atom. The second kappa shape index (κ2) is 14.9. The molecule has 1 aromatic heterocycles. The third-order valence-electron chi connectivity index (χ3n) is 7.90. The van der Waals surface area contributed by atoms with Gasteiger partial charge in [0.25, 0.3) is 5.91 Å². The molecular weight excluding hydrogens is 586 g/mol. The minimum absolute atomic E-state index is 0.0272. The molecule has 12 heteroatoms. The van der Waals surface area contributed by atoms with Gasteiger partial charge in [-0.25, -0.2) is 9.78 Å². The fourth-order valence-corrected chi connectivity index (χ4v) is 6.22. The number of para-hydroxylation sites is 1. The zero-order valence-electron chi connectivity index (χ0n) is 27.0. The number of carbonyl (C=O) groups excluding carboxylic acids is 3. The first-order chi connectivity index (χ1) is 20.9. The highest BCUT2D eigenvalue weighted by molar-refractivity contribution is 6.35. The molecule has 44 heavy (non-hydrogen) atoms. The second-order valence-electron chi connectivity index (χ2n) is 13.2. The quantitative estimate of drug-likeness (QED) is 0.349. The number of nitrogens with zero attached hydrogens (tertiary/aromatic N) is 5. The summed E-state index contributed by atoms with van der Waals surface area (Å²) >= 11 is 6.65. The van der Waals surface area contributed by atoms with E-state index in [4.69, 9.17) is 30.8 Å². The number of rotatable bonds is 10. The van der Waals surface area contributed by atoms with Crippen LogP contribution in [0.15, 0.2) is 18.2 Å². The van der Waals surface area contributed by atoms with Crippen LogP contribution in [-0.4, -0.2) is 113 Å². The molecule has 2 aromatic rings. The number of carbonyl (C=O) groups is 3. The van der Waals surface area contributed by atoms with E-state index in [1.54, 1.807) is 23.0 Å². The van der Waals surface area contributed by atoms with Gasteiger partial charge in [0.2, 0.25) is 5.91 Å². The molecule has 0 bridgehead atoms. The van der Waals surface area contributed by atoms with Crippen molar-refractivity contribution in [2.75, 3.05) is 59.7 Å². The zero-order valence-corrected chi connectivity index (χ0v) is 27.8. The Kier molecular flexibility index (Phi) is 11.5. The molecule has 0 spiro atoms. The number of imidazole rings is 1. The molecule has 0 aliphatic carbocycles. The summed E-state index contributed by atoms with van der Waals surface area (Å²) in [6.45, 7) is 13.6. The molecule has 11 nitrogen and oxygen atoms in total. The van der Waals surface area contributed by atoms with Crippen LogP contribution in [0, 0.1) is 11.8 Å². The average molecular weight is 634 g/mol. The highest BCUT2D eigenvalue weighted by atomic mass is 35.5. The van der Waals surface area contributed by atoms with Gasteiger partial charge < -0.3 is 33.5 Å². The van der Waals surface area contributed by atoms with E-state index in [-0.39, 0.29) is 30.8 Å². The standard InChI is InChI=1S/C32H48ClN5O6/c1-22(2)19-38(30(40)28-34-26-11-9-10-25(33)27(26)37(28)12-7-8-15-42-6)24-18-23(29(39)35-13-16-43-17-14-35)20-36(21-24)31(41)44-32(3,4)5/h9-11,22-24H,7-8,12-21H2,1-6H3/t23-,24+/m1/s1. The van der Waals surface area contributed by atoms with Crippen LogP contribution in [0.1, 0.15) is 64.5 Å². The normalized spacial score (nSPS) is 19.5. The summed E-state index contributed by atoms with van der Waals surface area (Å²) in [5.41, 5.74) is 0.670. The smallest absolute Gasteiger partial charge is 0.410 e. The van der Waals surface area contributed by atoms with Gasteiger partial charge in [-0.05, 0) is 58.1 Å². The number of likely N-dealkylation sites (tertiary alicyclic amines) is 1. The highest BCUT2D eigenvalue weighted by Crippen LogP contribution is 2.30. The Hall–Kier alpha value is -2.89. The third kappa shape index (κ3) is 8.43. The number of amides is 3. The monoisotopic (exact) mass is 633 g/mol. The van der Waals surface area contributed by atoms with Gasteiger partial charge in [-0.3, -0.25) is 9.59 Å². The van der Waals surface area contributed by atoms with Crippen molar-refractivity contribution in [3.05, 3.63) is 29.0 Å². The Balaban J connectivity index is 1.70. The van der Waals surface area contributed by atoms with Crippen molar-refractivity contribution in [3.63, 3.8) is 0 Å². The molecule has 3 amide bonds. The van der Waals surface area contributed by atoms with Crippen molar-refractivity contribution in [1.82, 2.24) is 24.3 Å². The van der Waals surface area contributed by atoms with Crippen LogP contribution in [-0.2, 0) is 25.5 Å². The van der Waals surface area contributed by atoms with Crippen molar-refractivity contribution >= 4 is 40.5 Å². The fourth-order valence-electron chi connectivity index (χ4n) is 5.95. The van der Waals surface area contributed by atoms with Crippen molar-refractivity contribution in [1.29, 1.82) is 0 Å². The maximum absolute atomic E-state index is 14.6. The maximum atomic E-state index is 14.6. The molecule has 4 rings (SSSR count). The number of methoxy groups -OCH3 is 1. The Bertz CT molecular complexity index is 1300. The van der Waals surface area contributed by atoms with Gasteiger partial charge in [-0.1, -0.05) is 31.5 Å². The molecule has 3 heterocycles. The number of halogens is 1. The first-order valence-electron chi connectivity index (χ1n) is 15.7. The van der Waals surface area contributed by atoms with Crippen LogP contribution in [0.4, 0.5) is 4.79 Å². The van der Waals surface area contributed by atoms with E-state index in [0.717, 1.165) is 18.4 Å². The summed E-state index contributed by atoms with van der Waals surface area (Å²) < 4.78 is 18.4. The molecule has 0 N–H and O–H groups in total. The predicted molar refractivity (Wildman–Crippen MR) is 169 cm³/mol. The van der Waals surface area contributed by atoms with Crippen molar-refractivity contribution < 1.29 is 28.6 Å². The average Bonchev–Trinajstić information content (AvgIpc) is 3.36. The fraction of sp³-hybridized carbons (Fsp3) is 0.688. The topological polar surface area (TPSA) is 106 Å². The van der Waals surface area contributed by atoms with Gasteiger partial charge in [0.15, 0.2) is 5.82 Å². The molecule has 2 fully saturated rings. The van der Waals surface area contributed by atoms with Gasteiger partial charge in [-0.15, -0.1) is 0 Å². The van der Waals surface area contributed by atoms with E-state index in [0.29, 0.717) is 68.8 Å². The summed E-state index contributed by atoms with van der Waals surface area (Å²) in [6, 6.07) is 5.07. The van der Waals surface area contributed by atoms with Crippen LogP contribution < -0.4 is 0 Å². The van der Waals surface area contributed by atoms with Crippen LogP contribution in [0.5, 0.6) is 0 Å². The lowest BCUT2D eigenvalue weighted by molar-refractivity contribution is -0.142. The second-order valence-corrected chi connectivity index (χ2v) is 13.6. The van der Waals surface area contributed by atoms with E-state index in [1.807, 2.05) is 42.4 Å². The number of piperidine rings is 1. The summed E-state index contributed by atoms with van der Waals surface area (Å²) in [5.74, 6) is -0.319. The number of aromatic nitrogens is 2. The molecule has 2 atom stereocenters. The Morgan fingerprint density at radius 2 is 1.84 bits per heavy atom. The summed E-state index contributed by atoms with van der Waals surface area (Å²) in [5, 5.41) is 0.529. The predicted octanol–water partition coefficient (Wildman–Crippen LogP) is 4.70. The molecular formula is C32H48ClN5O6. The van der Waals surface area contributed by atoms with Gasteiger partial charge in [0.1, 0.15) is 5.60 Å². The van der Waals surface area contributed by atoms with Gasteiger partial charge in [-0.2, -0.15) is 0 Å². The summed E-state index contributed by atoms with van der Waals surface area (Å²) in [7, 11) is 1.67. The Morgan fingerprint density at radius 1 is 1.11 bits per heavy atom. The maximum Gasteiger partial charge on any atom is 0.410 e. The summed E-state index contributed by atoms with van der Waals surface area (Å²) in [4.78, 5) is 51.7. The lowest BCUT2D eigenvalue weighted by Crippen LogP contribution is -2.58. The minimum atomic E-state index is -0.700. The number of aryl methyl sites for hydroxylation is 1. The van der Waals surface area contributed by atoms with E-state index < -0.39 is 23.7 Å². The van der Waals surface area contributed by atoms with Gasteiger partial charge in [0.05, 0.1) is 41.2 Å². The number of morpholine rings is 1. The largest absolute Gasteiger partial charge is 0.444 e. The number of hydrogen-bond donors (Lipinski definition) is 0. The number of fused-ring (bicyclic) bond motifs is 1. The van der Waals surface area contributed by atoms with Crippen LogP contribution >= 0.6 is 11.6 Å². The van der Waals surface area contributed by atoms with E-state index >= 15 is 0 Å². The molecule has 2 aliphatic heterocycles. The van der Waals surface area contributed by atoms with Crippen LogP contribution in [0.2, 0.25) is 5.02 Å². The number of unbranched alkanes of at least 4 members (excludes halogenated alkanes) is 1. The Labute approximate surface area is 265 Å². The molecule has 2 aliphatic rings. The SMILES string of the molecule is COCCCCn1c(C(=O)N(CC(C)C)[C@H]2C[C@@H](C(=O)N3CCOCC3)CN(C(=O)OC(C)(C)C)C2)nc2cccc(Cl)c21. The van der Waals surface area contributed by atoms with Crippen molar-refractivity contribution in [2.24, 2.45) is 11.8 Å². The van der Waals surface area contributed by atoms with E-state index in [1.165, 1.54) is 0 Å². The van der Waals surface area contributed by atoms with Gasteiger partial charge >= 0.3 is 6.09 Å². The number of ether oxygens (including phenoxy) is 3. The molecule has 0 radical (unpaired) electrons. The van der Waals surface area contributed by atoms with Crippen LogP contribution in [0.3, 0.4) is 0 Å². The first kappa shape index (κ1) is 34.0. The van der Waals surface area contributed by atoms with E-state index in [9.17, 15) is 14.4 Å². The zero-order chi connectivity index (χ0) is 32.0. The highest BCUT2D eigenvalue weighted by Gasteiger charge is 2.42. The first-order valence-corrected chi connectivity index (χ1v) is 16.1. The molecule has 1 aromatic carbocycles. The third-order valence-corrected chi connectivity index (χ3v) is 8.21. The summed E-state index contributed by atoms with van der Waals surface area (Å²) in [6.07, 6.45) is 1.54. The van der Waals surface area contributed by atoms with E-state index in [2.05, 4.69) is 13.8 Å². The molecule has 244 valence electrons. The lowest BCUT2D eigenvalue weighted by Gasteiger charge is -2.44. The van der Waals surface area contributed by atoms with Crippen molar-refractivity contribution in [2.45, 2.75) is 72.1 Å².